The highest BCUT2D eigenvalue weighted by atomic mass is 16.5. The lowest BCUT2D eigenvalue weighted by Crippen LogP contribution is -2.46. The predicted molar refractivity (Wildman–Crippen MR) is 55.4 cm³/mol. The van der Waals surface area contributed by atoms with E-state index in [9.17, 15) is 9.59 Å². The Bertz CT molecular complexity index is 243. The van der Waals surface area contributed by atoms with Gasteiger partial charge in [-0.25, -0.2) is 4.79 Å². The first-order valence-electron chi connectivity index (χ1n) is 5.23. The lowest BCUT2D eigenvalue weighted by molar-refractivity contribution is -0.139. The molecule has 86 valence electrons. The number of nitrogens with zero attached hydrogens (tertiary/aromatic N) is 1. The van der Waals surface area contributed by atoms with Crippen molar-refractivity contribution in [2.45, 2.75) is 19.8 Å². The molecular formula is C10H18N2O3. The Morgan fingerprint density at radius 2 is 2.27 bits per heavy atom. The number of esters is 1. The van der Waals surface area contributed by atoms with Crippen molar-refractivity contribution in [3.63, 3.8) is 0 Å². The highest BCUT2D eigenvalue weighted by Gasteiger charge is 2.20. The maximum atomic E-state index is 11.6. The molecular weight excluding hydrogens is 196 g/mol. The number of urea groups is 1. The zero-order valence-corrected chi connectivity index (χ0v) is 9.28. The van der Waals surface area contributed by atoms with Crippen molar-refractivity contribution in [2.24, 2.45) is 5.92 Å². The number of methoxy groups -OCH3 is 1. The average molecular weight is 214 g/mol. The van der Waals surface area contributed by atoms with Crippen molar-refractivity contribution >= 4 is 12.0 Å². The summed E-state index contributed by atoms with van der Waals surface area (Å²) < 4.78 is 4.44. The van der Waals surface area contributed by atoms with Gasteiger partial charge in [0, 0.05) is 13.1 Å². The van der Waals surface area contributed by atoms with Gasteiger partial charge in [-0.1, -0.05) is 6.92 Å². The largest absolute Gasteiger partial charge is 0.468 e. The van der Waals surface area contributed by atoms with Crippen molar-refractivity contribution < 1.29 is 14.3 Å². The number of nitrogens with one attached hydrogen (secondary N) is 1. The summed E-state index contributed by atoms with van der Waals surface area (Å²) in [6.07, 6.45) is 2.20. The molecule has 0 spiro atoms. The molecule has 2 amide bonds. The van der Waals surface area contributed by atoms with Crippen LogP contribution in [0.1, 0.15) is 19.8 Å². The van der Waals surface area contributed by atoms with Crippen LogP contribution in [0, 0.1) is 5.92 Å². The summed E-state index contributed by atoms with van der Waals surface area (Å²) in [6, 6.07) is -0.174. The van der Waals surface area contributed by atoms with Gasteiger partial charge in [0.2, 0.25) is 0 Å². The number of amides is 2. The monoisotopic (exact) mass is 214 g/mol. The van der Waals surface area contributed by atoms with Gasteiger partial charge in [0.15, 0.2) is 0 Å². The fourth-order valence-electron chi connectivity index (χ4n) is 1.71. The molecule has 1 fully saturated rings. The second-order valence-corrected chi connectivity index (χ2v) is 3.93. The molecule has 0 aromatic rings. The van der Waals surface area contributed by atoms with Crippen LogP contribution in [0.15, 0.2) is 0 Å². The molecule has 0 radical (unpaired) electrons. The number of carbonyl (C=O) groups excluding carboxylic acids is 2. The van der Waals surface area contributed by atoms with E-state index in [1.165, 1.54) is 13.5 Å². The van der Waals surface area contributed by atoms with Gasteiger partial charge in [-0.15, -0.1) is 0 Å². The van der Waals surface area contributed by atoms with Gasteiger partial charge in [-0.3, -0.25) is 4.79 Å². The van der Waals surface area contributed by atoms with Gasteiger partial charge in [0.1, 0.15) is 6.54 Å². The molecule has 15 heavy (non-hydrogen) atoms. The molecule has 0 aliphatic carbocycles. The van der Waals surface area contributed by atoms with E-state index in [0.717, 1.165) is 19.5 Å². The first-order valence-corrected chi connectivity index (χ1v) is 5.23. The van der Waals surface area contributed by atoms with E-state index in [2.05, 4.69) is 17.0 Å². The highest BCUT2D eigenvalue weighted by molar-refractivity contribution is 5.80. The lowest BCUT2D eigenvalue weighted by Gasteiger charge is -2.30. The van der Waals surface area contributed by atoms with Crippen LogP contribution in [0.2, 0.25) is 0 Å². The maximum Gasteiger partial charge on any atom is 0.325 e. The average Bonchev–Trinajstić information content (AvgIpc) is 2.25. The van der Waals surface area contributed by atoms with Crippen molar-refractivity contribution in [2.75, 3.05) is 26.7 Å². The molecule has 0 saturated carbocycles. The van der Waals surface area contributed by atoms with Gasteiger partial charge in [0.25, 0.3) is 0 Å². The normalized spacial score (nSPS) is 20.9. The minimum absolute atomic E-state index is 0.0553. The van der Waals surface area contributed by atoms with Crippen LogP contribution in [-0.4, -0.2) is 43.6 Å². The van der Waals surface area contributed by atoms with Gasteiger partial charge < -0.3 is 15.0 Å². The van der Waals surface area contributed by atoms with Gasteiger partial charge in [-0.2, -0.15) is 0 Å². The van der Waals surface area contributed by atoms with Crippen LogP contribution >= 0.6 is 0 Å². The summed E-state index contributed by atoms with van der Waals surface area (Å²) in [6.45, 7) is 3.62. The SMILES string of the molecule is COC(=O)CNC(=O)N1CCCC(C)C1. The molecule has 1 aliphatic rings. The van der Waals surface area contributed by atoms with Crippen molar-refractivity contribution in [1.29, 1.82) is 0 Å². The predicted octanol–water partition coefficient (Wildman–Crippen LogP) is 0.601. The Labute approximate surface area is 89.8 Å². The van der Waals surface area contributed by atoms with Crippen molar-refractivity contribution in [1.82, 2.24) is 10.2 Å². The van der Waals surface area contributed by atoms with Crippen LogP contribution in [0.25, 0.3) is 0 Å². The van der Waals surface area contributed by atoms with Crippen molar-refractivity contribution in [3.05, 3.63) is 0 Å². The third kappa shape index (κ3) is 3.77. The number of piperidine rings is 1. The minimum atomic E-state index is -0.423. The zero-order valence-electron chi connectivity index (χ0n) is 9.28. The molecule has 1 rings (SSSR count). The highest BCUT2D eigenvalue weighted by Crippen LogP contribution is 2.14. The van der Waals surface area contributed by atoms with E-state index >= 15 is 0 Å². The van der Waals surface area contributed by atoms with Crippen LogP contribution < -0.4 is 5.32 Å². The van der Waals surface area contributed by atoms with Gasteiger partial charge in [-0.05, 0) is 18.8 Å². The summed E-state index contributed by atoms with van der Waals surface area (Å²) in [5.74, 6) is 0.121. The molecule has 0 aromatic carbocycles. The molecule has 5 heteroatoms. The Morgan fingerprint density at radius 3 is 2.87 bits per heavy atom. The number of likely N-dealkylation sites (tertiary alicyclic amines) is 1. The number of ether oxygens (including phenoxy) is 1. The minimum Gasteiger partial charge on any atom is -0.468 e. The van der Waals surface area contributed by atoms with Crippen LogP contribution in [0.3, 0.4) is 0 Å². The molecule has 1 N–H and O–H groups in total. The first-order chi connectivity index (χ1) is 7.13. The molecule has 1 heterocycles. The smallest absolute Gasteiger partial charge is 0.325 e. The molecule has 1 atom stereocenters. The second-order valence-electron chi connectivity index (χ2n) is 3.93. The fourth-order valence-corrected chi connectivity index (χ4v) is 1.71. The van der Waals surface area contributed by atoms with Gasteiger partial charge in [0.05, 0.1) is 7.11 Å². The molecule has 0 aromatic heterocycles. The molecule has 1 aliphatic heterocycles. The summed E-state index contributed by atoms with van der Waals surface area (Å²) in [7, 11) is 1.30. The van der Waals surface area contributed by atoms with Gasteiger partial charge >= 0.3 is 12.0 Å². The second kappa shape index (κ2) is 5.58. The van der Waals surface area contributed by atoms with E-state index in [-0.39, 0.29) is 12.6 Å². The fraction of sp³-hybridized carbons (Fsp3) is 0.800. The summed E-state index contributed by atoms with van der Waals surface area (Å²) in [5.41, 5.74) is 0. The lowest BCUT2D eigenvalue weighted by atomic mass is 10.0. The first kappa shape index (κ1) is 11.8. The van der Waals surface area contributed by atoms with E-state index in [4.69, 9.17) is 0 Å². The number of hydrogen-bond donors (Lipinski definition) is 1. The molecule has 1 saturated heterocycles. The van der Waals surface area contributed by atoms with Crippen LogP contribution in [-0.2, 0) is 9.53 Å². The molecule has 1 unspecified atom stereocenters. The molecule has 5 nitrogen and oxygen atoms in total. The number of rotatable bonds is 2. The van der Waals surface area contributed by atoms with Crippen LogP contribution in [0.5, 0.6) is 0 Å². The van der Waals surface area contributed by atoms with E-state index in [0.29, 0.717) is 5.92 Å². The van der Waals surface area contributed by atoms with Crippen LogP contribution in [0.4, 0.5) is 4.79 Å². The topological polar surface area (TPSA) is 58.6 Å². The maximum absolute atomic E-state index is 11.6. The quantitative estimate of drug-likeness (QED) is 0.685. The summed E-state index contributed by atoms with van der Waals surface area (Å²) in [5, 5.41) is 2.54. The summed E-state index contributed by atoms with van der Waals surface area (Å²) >= 11 is 0. The van der Waals surface area contributed by atoms with E-state index in [1.807, 2.05) is 0 Å². The number of carbonyl (C=O) groups is 2. The Hall–Kier alpha value is -1.26. The zero-order chi connectivity index (χ0) is 11.3. The summed E-state index contributed by atoms with van der Waals surface area (Å²) in [4.78, 5) is 24.1. The Balaban J connectivity index is 2.30. The Morgan fingerprint density at radius 1 is 1.53 bits per heavy atom. The van der Waals surface area contributed by atoms with Crippen molar-refractivity contribution in [3.8, 4) is 0 Å². The van der Waals surface area contributed by atoms with E-state index in [1.54, 1.807) is 4.90 Å². The van der Waals surface area contributed by atoms with E-state index < -0.39 is 5.97 Å². The third-order valence-electron chi connectivity index (χ3n) is 2.56. The Kier molecular flexibility index (Phi) is 4.39. The molecule has 0 bridgehead atoms. The number of hydrogen-bond acceptors (Lipinski definition) is 3. The standard InChI is InChI=1S/C10H18N2O3/c1-8-4-3-5-12(7-8)10(14)11-6-9(13)15-2/h8H,3-7H2,1-2H3,(H,11,14). The third-order valence-corrected chi connectivity index (χ3v) is 2.56.